The fourth-order valence-corrected chi connectivity index (χ4v) is 1.82. The molecule has 1 aromatic carbocycles. The van der Waals surface area contributed by atoms with Crippen LogP contribution in [-0.4, -0.2) is 9.78 Å². The minimum absolute atomic E-state index is 0.0222. The van der Waals surface area contributed by atoms with Gasteiger partial charge in [-0.05, 0) is 30.0 Å². The van der Waals surface area contributed by atoms with Crippen molar-refractivity contribution in [3.63, 3.8) is 0 Å². The van der Waals surface area contributed by atoms with Gasteiger partial charge in [0.1, 0.15) is 0 Å². The number of rotatable bonds is 1. The van der Waals surface area contributed by atoms with Crippen molar-refractivity contribution in [3.05, 3.63) is 51.9 Å². The molecule has 3 heteroatoms. The Morgan fingerprint density at radius 1 is 1.12 bits per heavy atom. The SMILES string of the molecule is Cc1cc(=O)n(-c2ccc(C(C)(C)C)cc2)[nH]1. The second-order valence-corrected chi connectivity index (χ2v) is 5.41. The van der Waals surface area contributed by atoms with Gasteiger partial charge in [0, 0.05) is 11.8 Å². The summed E-state index contributed by atoms with van der Waals surface area (Å²) in [6.07, 6.45) is 0. The van der Waals surface area contributed by atoms with Gasteiger partial charge in [-0.25, -0.2) is 4.68 Å². The Kier molecular flexibility index (Phi) is 2.69. The Morgan fingerprint density at radius 3 is 2.12 bits per heavy atom. The van der Waals surface area contributed by atoms with Crippen molar-refractivity contribution >= 4 is 0 Å². The molecule has 1 N–H and O–H groups in total. The van der Waals surface area contributed by atoms with Gasteiger partial charge in [0.2, 0.25) is 0 Å². The third kappa shape index (κ3) is 2.33. The van der Waals surface area contributed by atoms with Crippen LogP contribution < -0.4 is 5.56 Å². The first-order chi connectivity index (χ1) is 7.88. The molecule has 0 spiro atoms. The van der Waals surface area contributed by atoms with Gasteiger partial charge in [-0.1, -0.05) is 32.9 Å². The normalized spacial score (nSPS) is 11.8. The van der Waals surface area contributed by atoms with Crippen molar-refractivity contribution in [3.8, 4) is 5.69 Å². The summed E-state index contributed by atoms with van der Waals surface area (Å²) in [5.74, 6) is 0. The predicted octanol–water partition coefficient (Wildman–Crippen LogP) is 2.77. The van der Waals surface area contributed by atoms with Crippen LogP contribution in [0.2, 0.25) is 0 Å². The summed E-state index contributed by atoms with van der Waals surface area (Å²) in [5, 5.41) is 3.02. The Morgan fingerprint density at radius 2 is 1.71 bits per heavy atom. The van der Waals surface area contributed by atoms with E-state index in [1.807, 2.05) is 19.1 Å². The van der Waals surface area contributed by atoms with E-state index in [2.05, 4.69) is 38.0 Å². The minimum Gasteiger partial charge on any atom is -0.295 e. The number of nitrogens with zero attached hydrogens (tertiary/aromatic N) is 1. The van der Waals surface area contributed by atoms with Crippen molar-refractivity contribution in [1.29, 1.82) is 0 Å². The molecule has 1 aromatic heterocycles. The first kappa shape index (κ1) is 11.7. The fraction of sp³-hybridized carbons (Fsp3) is 0.357. The van der Waals surface area contributed by atoms with E-state index in [0.29, 0.717) is 0 Å². The average molecular weight is 230 g/mol. The highest BCUT2D eigenvalue weighted by molar-refractivity contribution is 5.36. The molecular formula is C14H18N2O. The summed E-state index contributed by atoms with van der Waals surface area (Å²) in [7, 11) is 0. The van der Waals surface area contributed by atoms with Crippen molar-refractivity contribution in [1.82, 2.24) is 9.78 Å². The smallest absolute Gasteiger partial charge is 0.271 e. The maximum absolute atomic E-state index is 11.7. The highest BCUT2D eigenvalue weighted by Gasteiger charge is 2.13. The Hall–Kier alpha value is -1.77. The molecule has 0 fully saturated rings. The quantitative estimate of drug-likeness (QED) is 0.803. The summed E-state index contributed by atoms with van der Waals surface area (Å²) < 4.78 is 1.56. The van der Waals surface area contributed by atoms with E-state index in [9.17, 15) is 4.79 Å². The molecule has 0 atom stereocenters. The number of aromatic amines is 1. The van der Waals surface area contributed by atoms with E-state index >= 15 is 0 Å². The molecule has 17 heavy (non-hydrogen) atoms. The van der Waals surface area contributed by atoms with Gasteiger partial charge < -0.3 is 0 Å². The molecule has 2 rings (SSSR count). The van der Waals surface area contributed by atoms with Gasteiger partial charge in [-0.2, -0.15) is 0 Å². The number of H-pyrrole nitrogens is 1. The molecule has 0 aliphatic heterocycles. The van der Waals surface area contributed by atoms with E-state index in [4.69, 9.17) is 0 Å². The van der Waals surface area contributed by atoms with Crippen LogP contribution in [0.5, 0.6) is 0 Å². The van der Waals surface area contributed by atoms with Crippen molar-refractivity contribution < 1.29 is 0 Å². The molecule has 0 aliphatic rings. The molecule has 90 valence electrons. The summed E-state index contributed by atoms with van der Waals surface area (Å²) in [6.45, 7) is 8.40. The first-order valence-electron chi connectivity index (χ1n) is 5.77. The van der Waals surface area contributed by atoms with Crippen LogP contribution in [0.4, 0.5) is 0 Å². The van der Waals surface area contributed by atoms with Crippen LogP contribution in [0.15, 0.2) is 35.1 Å². The molecule has 0 saturated carbocycles. The van der Waals surface area contributed by atoms with Crippen molar-refractivity contribution in [2.75, 3.05) is 0 Å². The molecule has 2 aromatic rings. The second kappa shape index (κ2) is 3.91. The minimum atomic E-state index is -0.0222. The zero-order valence-corrected chi connectivity index (χ0v) is 10.7. The first-order valence-corrected chi connectivity index (χ1v) is 5.77. The van der Waals surface area contributed by atoms with Gasteiger partial charge in [-0.3, -0.25) is 9.89 Å². The van der Waals surface area contributed by atoms with Crippen LogP contribution >= 0.6 is 0 Å². The largest absolute Gasteiger partial charge is 0.295 e. The molecule has 0 bridgehead atoms. The topological polar surface area (TPSA) is 37.8 Å². The lowest BCUT2D eigenvalue weighted by atomic mass is 9.87. The lowest BCUT2D eigenvalue weighted by molar-refractivity contribution is 0.590. The summed E-state index contributed by atoms with van der Waals surface area (Å²) in [6, 6.07) is 9.67. The molecule has 1 heterocycles. The lowest BCUT2D eigenvalue weighted by Crippen LogP contribution is -2.15. The third-order valence-corrected chi connectivity index (χ3v) is 2.84. The van der Waals surface area contributed by atoms with E-state index in [1.54, 1.807) is 10.7 Å². The number of aromatic nitrogens is 2. The molecule has 0 radical (unpaired) electrons. The highest BCUT2D eigenvalue weighted by atomic mass is 16.1. The number of hydrogen-bond acceptors (Lipinski definition) is 1. The summed E-state index contributed by atoms with van der Waals surface area (Å²) in [5.41, 5.74) is 3.12. The predicted molar refractivity (Wildman–Crippen MR) is 69.8 cm³/mol. The van der Waals surface area contributed by atoms with Crippen LogP contribution in [0.3, 0.4) is 0 Å². The van der Waals surface area contributed by atoms with E-state index < -0.39 is 0 Å². The van der Waals surface area contributed by atoms with Crippen LogP contribution in [0, 0.1) is 6.92 Å². The average Bonchev–Trinajstić information content (AvgIpc) is 2.57. The molecule has 0 unspecified atom stereocenters. The zero-order valence-electron chi connectivity index (χ0n) is 10.7. The highest BCUT2D eigenvalue weighted by Crippen LogP contribution is 2.22. The third-order valence-electron chi connectivity index (χ3n) is 2.84. The summed E-state index contributed by atoms with van der Waals surface area (Å²) >= 11 is 0. The molecule has 0 amide bonds. The van der Waals surface area contributed by atoms with Crippen LogP contribution in [-0.2, 0) is 5.41 Å². The summed E-state index contributed by atoms with van der Waals surface area (Å²) in [4.78, 5) is 11.7. The lowest BCUT2D eigenvalue weighted by Gasteiger charge is -2.19. The van der Waals surface area contributed by atoms with Gasteiger partial charge in [0.25, 0.3) is 5.56 Å². The number of aryl methyl sites for hydroxylation is 1. The van der Waals surface area contributed by atoms with Gasteiger partial charge in [0.15, 0.2) is 0 Å². The fourth-order valence-electron chi connectivity index (χ4n) is 1.82. The van der Waals surface area contributed by atoms with E-state index in [0.717, 1.165) is 11.4 Å². The van der Waals surface area contributed by atoms with Crippen LogP contribution in [0.25, 0.3) is 5.69 Å². The molecule has 3 nitrogen and oxygen atoms in total. The molecular weight excluding hydrogens is 212 g/mol. The van der Waals surface area contributed by atoms with Crippen molar-refractivity contribution in [2.45, 2.75) is 33.1 Å². The zero-order chi connectivity index (χ0) is 12.6. The maximum Gasteiger partial charge on any atom is 0.271 e. The standard InChI is InChI=1S/C14H18N2O/c1-10-9-13(17)16(15-10)12-7-5-11(6-8-12)14(2,3)4/h5-9,15H,1-4H3. The maximum atomic E-state index is 11.7. The molecule has 0 saturated heterocycles. The Bertz CT molecular complexity index is 568. The number of benzene rings is 1. The Balaban J connectivity index is 2.43. The van der Waals surface area contributed by atoms with Crippen molar-refractivity contribution in [2.24, 2.45) is 0 Å². The van der Waals surface area contributed by atoms with E-state index in [1.165, 1.54) is 5.56 Å². The van der Waals surface area contributed by atoms with Crippen LogP contribution in [0.1, 0.15) is 32.0 Å². The number of hydrogen-bond donors (Lipinski definition) is 1. The number of nitrogens with one attached hydrogen (secondary N) is 1. The Labute approximate surface area is 101 Å². The monoisotopic (exact) mass is 230 g/mol. The van der Waals surface area contributed by atoms with E-state index in [-0.39, 0.29) is 11.0 Å². The van der Waals surface area contributed by atoms with Gasteiger partial charge in [-0.15, -0.1) is 0 Å². The van der Waals surface area contributed by atoms with Gasteiger partial charge >= 0.3 is 0 Å². The molecule has 0 aliphatic carbocycles. The second-order valence-electron chi connectivity index (χ2n) is 5.41. The van der Waals surface area contributed by atoms with Gasteiger partial charge in [0.05, 0.1) is 5.69 Å².